The summed E-state index contributed by atoms with van der Waals surface area (Å²) in [5.41, 5.74) is -0.254. The summed E-state index contributed by atoms with van der Waals surface area (Å²) in [6, 6.07) is 3.87. The number of benzene rings is 1. The van der Waals surface area contributed by atoms with Crippen molar-refractivity contribution in [2.75, 3.05) is 18.1 Å². The van der Waals surface area contributed by atoms with Crippen molar-refractivity contribution in [2.24, 2.45) is 0 Å². The molecule has 0 spiro atoms. The first kappa shape index (κ1) is 15.9. The minimum atomic E-state index is -1.21. The van der Waals surface area contributed by atoms with Crippen LogP contribution in [-0.4, -0.2) is 40.3 Å². The molecule has 0 heterocycles. The number of rotatable bonds is 7. The van der Waals surface area contributed by atoms with E-state index in [0.717, 1.165) is 0 Å². The van der Waals surface area contributed by atoms with Gasteiger partial charge in [0, 0.05) is 25.3 Å². The number of hydrogen-bond acceptors (Lipinski definition) is 5. The third kappa shape index (κ3) is 3.45. The van der Waals surface area contributed by atoms with E-state index in [-0.39, 0.29) is 29.6 Å². The van der Waals surface area contributed by atoms with Gasteiger partial charge in [-0.3, -0.25) is 10.1 Å². The second kappa shape index (κ2) is 6.85. The Morgan fingerprint density at radius 1 is 1.45 bits per heavy atom. The number of para-hydroxylation sites is 1. The van der Waals surface area contributed by atoms with Crippen molar-refractivity contribution >= 4 is 17.3 Å². The second-order valence-electron chi connectivity index (χ2n) is 4.60. The fourth-order valence-corrected chi connectivity index (χ4v) is 2.02. The summed E-state index contributed by atoms with van der Waals surface area (Å²) < 4.78 is 0. The number of nitro groups is 1. The minimum Gasteiger partial charge on any atom is -0.478 e. The summed E-state index contributed by atoms with van der Waals surface area (Å²) in [6.07, 6.45) is 0.406. The molecule has 0 saturated carbocycles. The smallest absolute Gasteiger partial charge is 0.338 e. The van der Waals surface area contributed by atoms with E-state index in [1.807, 2.05) is 13.8 Å². The summed E-state index contributed by atoms with van der Waals surface area (Å²) in [5, 5.41) is 29.3. The van der Waals surface area contributed by atoms with Gasteiger partial charge in [0.1, 0.15) is 5.69 Å². The van der Waals surface area contributed by atoms with Crippen molar-refractivity contribution in [3.05, 3.63) is 33.9 Å². The average Bonchev–Trinajstić information content (AvgIpc) is 2.38. The lowest BCUT2D eigenvalue weighted by Crippen LogP contribution is -2.34. The summed E-state index contributed by atoms with van der Waals surface area (Å²) >= 11 is 0. The van der Waals surface area contributed by atoms with Gasteiger partial charge in [0.2, 0.25) is 0 Å². The van der Waals surface area contributed by atoms with E-state index >= 15 is 0 Å². The predicted octanol–water partition coefficient (Wildman–Crippen LogP) is 1.89. The lowest BCUT2D eigenvalue weighted by Gasteiger charge is -2.29. The molecule has 0 aliphatic rings. The molecule has 1 aromatic rings. The number of nitro benzene ring substituents is 1. The number of carboxylic acid groups (broad SMARTS) is 1. The van der Waals surface area contributed by atoms with Crippen LogP contribution in [0.5, 0.6) is 0 Å². The van der Waals surface area contributed by atoms with Gasteiger partial charge in [-0.05, 0) is 26.3 Å². The quantitative estimate of drug-likeness (QED) is 0.584. The first-order valence-electron chi connectivity index (χ1n) is 6.28. The topological polar surface area (TPSA) is 104 Å². The van der Waals surface area contributed by atoms with Crippen LogP contribution in [0.4, 0.5) is 11.4 Å². The molecule has 20 heavy (non-hydrogen) atoms. The Hall–Kier alpha value is -2.15. The van der Waals surface area contributed by atoms with Crippen LogP contribution in [0.1, 0.15) is 30.6 Å². The van der Waals surface area contributed by atoms with E-state index in [2.05, 4.69) is 0 Å². The molecule has 7 nitrogen and oxygen atoms in total. The molecule has 0 amide bonds. The summed E-state index contributed by atoms with van der Waals surface area (Å²) in [5.74, 6) is -1.21. The van der Waals surface area contributed by atoms with E-state index in [1.165, 1.54) is 18.2 Å². The highest BCUT2D eigenvalue weighted by molar-refractivity contribution is 5.97. The highest BCUT2D eigenvalue weighted by atomic mass is 16.6. The number of nitrogens with zero attached hydrogens (tertiary/aromatic N) is 2. The molecule has 0 aliphatic heterocycles. The Kier molecular flexibility index (Phi) is 5.45. The highest BCUT2D eigenvalue weighted by Gasteiger charge is 2.27. The van der Waals surface area contributed by atoms with Crippen LogP contribution in [0, 0.1) is 10.1 Å². The molecule has 0 atom stereocenters. The van der Waals surface area contributed by atoms with Crippen LogP contribution in [0.2, 0.25) is 0 Å². The Morgan fingerprint density at radius 2 is 2.10 bits per heavy atom. The van der Waals surface area contributed by atoms with Gasteiger partial charge in [-0.25, -0.2) is 4.79 Å². The molecule has 0 radical (unpaired) electrons. The molecule has 0 fully saturated rings. The summed E-state index contributed by atoms with van der Waals surface area (Å²) in [4.78, 5) is 23.5. The molecule has 110 valence electrons. The molecule has 0 aliphatic carbocycles. The van der Waals surface area contributed by atoms with E-state index in [4.69, 9.17) is 5.11 Å². The van der Waals surface area contributed by atoms with Crippen molar-refractivity contribution in [1.29, 1.82) is 0 Å². The van der Waals surface area contributed by atoms with E-state index in [0.29, 0.717) is 13.0 Å². The molecular weight excluding hydrogens is 264 g/mol. The molecule has 1 rings (SSSR count). The van der Waals surface area contributed by atoms with Gasteiger partial charge in [-0.15, -0.1) is 0 Å². The zero-order chi connectivity index (χ0) is 15.3. The van der Waals surface area contributed by atoms with Crippen molar-refractivity contribution in [1.82, 2.24) is 0 Å². The molecule has 0 aromatic heterocycles. The van der Waals surface area contributed by atoms with Crippen molar-refractivity contribution in [3.63, 3.8) is 0 Å². The molecular formula is C13H18N2O5. The Labute approximate surface area is 116 Å². The maximum atomic E-state index is 11.3. The lowest BCUT2D eigenvalue weighted by atomic mass is 10.1. The number of carboxylic acids is 1. The van der Waals surface area contributed by atoms with Gasteiger partial charge in [-0.2, -0.15) is 0 Å². The number of aliphatic hydroxyl groups excluding tert-OH is 1. The zero-order valence-corrected chi connectivity index (χ0v) is 11.4. The number of anilines is 1. The lowest BCUT2D eigenvalue weighted by molar-refractivity contribution is -0.384. The number of aromatic carboxylic acids is 1. The van der Waals surface area contributed by atoms with E-state index in [1.54, 1.807) is 4.90 Å². The van der Waals surface area contributed by atoms with Gasteiger partial charge in [0.05, 0.1) is 10.5 Å². The molecule has 0 bridgehead atoms. The zero-order valence-electron chi connectivity index (χ0n) is 11.4. The Bertz CT molecular complexity index is 469. The molecule has 1 aromatic carbocycles. The van der Waals surface area contributed by atoms with Gasteiger partial charge < -0.3 is 15.1 Å². The standard InChI is InChI=1S/C13H18N2O5/c1-9(2)14(7-4-8-16)12-10(13(17)18)5-3-6-11(12)15(19)20/h3,5-6,9,16H,4,7-8H2,1-2H3,(H,17,18). The Morgan fingerprint density at radius 3 is 2.55 bits per heavy atom. The number of aliphatic hydroxyl groups is 1. The van der Waals surface area contributed by atoms with Crippen LogP contribution in [0.25, 0.3) is 0 Å². The van der Waals surface area contributed by atoms with Crippen LogP contribution in [0.3, 0.4) is 0 Å². The average molecular weight is 282 g/mol. The van der Waals surface area contributed by atoms with E-state index in [9.17, 15) is 20.0 Å². The molecule has 2 N–H and O–H groups in total. The second-order valence-corrected chi connectivity index (χ2v) is 4.60. The van der Waals surface area contributed by atoms with Crippen LogP contribution in [-0.2, 0) is 0 Å². The normalized spacial score (nSPS) is 10.6. The molecule has 0 saturated heterocycles. The largest absolute Gasteiger partial charge is 0.478 e. The Balaban J connectivity index is 3.42. The third-order valence-corrected chi connectivity index (χ3v) is 2.91. The first-order chi connectivity index (χ1) is 9.40. The SMILES string of the molecule is CC(C)N(CCCO)c1c(C(=O)O)cccc1[N+](=O)[O-]. The molecule has 0 unspecified atom stereocenters. The van der Waals surface area contributed by atoms with Gasteiger partial charge in [-0.1, -0.05) is 6.07 Å². The third-order valence-electron chi connectivity index (χ3n) is 2.91. The predicted molar refractivity (Wildman–Crippen MR) is 74.2 cm³/mol. The van der Waals surface area contributed by atoms with Crippen LogP contribution < -0.4 is 4.90 Å². The van der Waals surface area contributed by atoms with Crippen molar-refractivity contribution < 1.29 is 19.9 Å². The van der Waals surface area contributed by atoms with Crippen molar-refractivity contribution in [3.8, 4) is 0 Å². The number of hydrogen-bond donors (Lipinski definition) is 2. The fourth-order valence-electron chi connectivity index (χ4n) is 2.02. The molecule has 7 heteroatoms. The minimum absolute atomic E-state index is 0.0632. The van der Waals surface area contributed by atoms with Gasteiger partial charge in [0.25, 0.3) is 5.69 Å². The van der Waals surface area contributed by atoms with Gasteiger partial charge >= 0.3 is 5.97 Å². The summed E-state index contributed by atoms with van der Waals surface area (Å²) in [7, 11) is 0. The number of carbonyl (C=O) groups is 1. The maximum absolute atomic E-state index is 11.3. The first-order valence-corrected chi connectivity index (χ1v) is 6.28. The van der Waals surface area contributed by atoms with Crippen LogP contribution in [0.15, 0.2) is 18.2 Å². The van der Waals surface area contributed by atoms with Crippen LogP contribution >= 0.6 is 0 Å². The summed E-state index contributed by atoms with van der Waals surface area (Å²) in [6.45, 7) is 3.92. The van der Waals surface area contributed by atoms with E-state index < -0.39 is 10.9 Å². The maximum Gasteiger partial charge on any atom is 0.338 e. The monoisotopic (exact) mass is 282 g/mol. The fraction of sp³-hybridized carbons (Fsp3) is 0.462. The highest BCUT2D eigenvalue weighted by Crippen LogP contribution is 2.33. The van der Waals surface area contributed by atoms with Gasteiger partial charge in [0.15, 0.2) is 0 Å². The van der Waals surface area contributed by atoms with Crippen molar-refractivity contribution in [2.45, 2.75) is 26.3 Å².